The number of aromatic nitrogens is 4. The largest absolute Gasteiger partial charge is 0.379 e. The Labute approximate surface area is 121 Å². The Morgan fingerprint density at radius 2 is 2.05 bits per heavy atom. The molecule has 2 aromatic heterocycles. The molecule has 2 heterocycles. The average Bonchev–Trinajstić information content (AvgIpc) is 3.06. The van der Waals surface area contributed by atoms with Gasteiger partial charge in [0.1, 0.15) is 5.82 Å². The third-order valence-corrected chi connectivity index (χ3v) is 3.71. The first-order valence-corrected chi connectivity index (χ1v) is 7.23. The summed E-state index contributed by atoms with van der Waals surface area (Å²) in [6, 6.07) is 8.02. The van der Waals surface area contributed by atoms with Gasteiger partial charge in [0.25, 0.3) is 0 Å². The van der Waals surface area contributed by atoms with E-state index in [1.165, 1.54) is 0 Å². The predicted octanol–water partition coefficient (Wildman–Crippen LogP) is 3.16. The Kier molecular flexibility index (Phi) is 3.47. The smallest absolute Gasteiger partial charge is 0.183 e. The first-order valence-electron chi connectivity index (χ1n) is 6.35. The van der Waals surface area contributed by atoms with Crippen molar-refractivity contribution in [1.82, 2.24) is 20.2 Å². The molecule has 102 valence electrons. The van der Waals surface area contributed by atoms with Crippen molar-refractivity contribution in [3.05, 3.63) is 46.2 Å². The molecule has 0 radical (unpaired) electrons. The van der Waals surface area contributed by atoms with Gasteiger partial charge in [0.2, 0.25) is 0 Å². The van der Waals surface area contributed by atoms with Crippen LogP contribution in [0.1, 0.15) is 16.5 Å². The Bertz CT molecular complexity index is 716. The van der Waals surface area contributed by atoms with Crippen molar-refractivity contribution in [1.29, 1.82) is 0 Å². The van der Waals surface area contributed by atoms with Gasteiger partial charge in [-0.2, -0.15) is 5.10 Å². The van der Waals surface area contributed by atoms with E-state index in [9.17, 15) is 0 Å². The summed E-state index contributed by atoms with van der Waals surface area (Å²) in [6.07, 6.45) is 0. The number of aryl methyl sites for hydroxylation is 2. The number of nitrogens with zero attached hydrogens (tertiary/aromatic N) is 3. The highest BCUT2D eigenvalue weighted by Crippen LogP contribution is 2.25. The van der Waals surface area contributed by atoms with Gasteiger partial charge in [-0.1, -0.05) is 12.1 Å². The lowest BCUT2D eigenvalue weighted by atomic mass is 10.1. The van der Waals surface area contributed by atoms with Crippen LogP contribution in [0.3, 0.4) is 0 Å². The van der Waals surface area contributed by atoms with Crippen molar-refractivity contribution in [3.63, 3.8) is 0 Å². The van der Waals surface area contributed by atoms with Gasteiger partial charge in [-0.05, 0) is 26.0 Å². The number of rotatable bonds is 4. The van der Waals surface area contributed by atoms with Gasteiger partial charge in [-0.15, -0.1) is 11.3 Å². The van der Waals surface area contributed by atoms with Crippen molar-refractivity contribution in [3.8, 4) is 11.4 Å². The summed E-state index contributed by atoms with van der Waals surface area (Å²) in [5.41, 5.74) is 3.05. The third-order valence-electron chi connectivity index (χ3n) is 2.89. The topological polar surface area (TPSA) is 66.5 Å². The summed E-state index contributed by atoms with van der Waals surface area (Å²) in [6.45, 7) is 4.61. The summed E-state index contributed by atoms with van der Waals surface area (Å²) in [5, 5.41) is 13.6. The van der Waals surface area contributed by atoms with Gasteiger partial charge in [0.05, 0.1) is 17.2 Å². The summed E-state index contributed by atoms with van der Waals surface area (Å²) in [4.78, 5) is 8.83. The lowest BCUT2D eigenvalue weighted by molar-refractivity contribution is 1.04. The van der Waals surface area contributed by atoms with Crippen LogP contribution in [0.25, 0.3) is 11.4 Å². The molecule has 0 spiro atoms. The zero-order chi connectivity index (χ0) is 13.9. The van der Waals surface area contributed by atoms with Crippen LogP contribution < -0.4 is 5.32 Å². The van der Waals surface area contributed by atoms with E-state index >= 15 is 0 Å². The highest BCUT2D eigenvalue weighted by molar-refractivity contribution is 7.09. The van der Waals surface area contributed by atoms with Crippen LogP contribution in [0.2, 0.25) is 0 Å². The quantitative estimate of drug-likeness (QED) is 0.772. The van der Waals surface area contributed by atoms with Gasteiger partial charge in [0.15, 0.2) is 5.82 Å². The first-order chi connectivity index (χ1) is 9.72. The van der Waals surface area contributed by atoms with E-state index in [1.54, 1.807) is 11.3 Å². The molecule has 5 nitrogen and oxygen atoms in total. The normalized spacial score (nSPS) is 10.7. The zero-order valence-corrected chi connectivity index (χ0v) is 12.2. The van der Waals surface area contributed by atoms with Crippen LogP contribution in [0.4, 0.5) is 5.69 Å². The highest BCUT2D eigenvalue weighted by atomic mass is 32.1. The number of hydrogen-bond acceptors (Lipinski definition) is 5. The zero-order valence-electron chi connectivity index (χ0n) is 11.3. The van der Waals surface area contributed by atoms with Gasteiger partial charge in [0, 0.05) is 16.6 Å². The van der Waals surface area contributed by atoms with E-state index in [0.29, 0.717) is 12.4 Å². The maximum Gasteiger partial charge on any atom is 0.183 e. The third kappa shape index (κ3) is 2.70. The van der Waals surface area contributed by atoms with E-state index in [2.05, 4.69) is 30.9 Å². The second-order valence-electron chi connectivity index (χ2n) is 4.50. The van der Waals surface area contributed by atoms with Crippen molar-refractivity contribution in [2.75, 3.05) is 5.32 Å². The fraction of sp³-hybridized carbons (Fsp3) is 0.214. The molecule has 3 aromatic rings. The minimum Gasteiger partial charge on any atom is -0.379 e. The summed E-state index contributed by atoms with van der Waals surface area (Å²) < 4.78 is 0. The Morgan fingerprint density at radius 3 is 2.75 bits per heavy atom. The number of para-hydroxylation sites is 1. The van der Waals surface area contributed by atoms with Crippen LogP contribution in [0.5, 0.6) is 0 Å². The van der Waals surface area contributed by atoms with Crippen LogP contribution in [0.15, 0.2) is 29.6 Å². The van der Waals surface area contributed by atoms with Crippen molar-refractivity contribution in [2.24, 2.45) is 0 Å². The van der Waals surface area contributed by atoms with E-state index in [1.807, 2.05) is 38.1 Å². The van der Waals surface area contributed by atoms with Gasteiger partial charge in [-0.25, -0.2) is 9.97 Å². The van der Waals surface area contributed by atoms with E-state index in [0.717, 1.165) is 27.8 Å². The minimum atomic E-state index is 0.699. The molecular formula is C14H15N5S. The number of nitrogens with one attached hydrogen (secondary N) is 2. The van der Waals surface area contributed by atoms with Gasteiger partial charge >= 0.3 is 0 Å². The number of thiazole rings is 1. The first kappa shape index (κ1) is 12.8. The van der Waals surface area contributed by atoms with E-state index in [4.69, 9.17) is 0 Å². The molecule has 1 aromatic carbocycles. The second-order valence-corrected chi connectivity index (χ2v) is 5.56. The summed E-state index contributed by atoms with van der Waals surface area (Å²) >= 11 is 1.66. The summed E-state index contributed by atoms with van der Waals surface area (Å²) in [5.74, 6) is 1.52. The molecule has 0 amide bonds. The SMILES string of the molecule is Cc1nc(-c2ccccc2NCc2csc(C)n2)n[nH]1. The lowest BCUT2D eigenvalue weighted by Gasteiger charge is -2.08. The molecule has 0 fully saturated rings. The highest BCUT2D eigenvalue weighted by Gasteiger charge is 2.09. The Morgan fingerprint density at radius 1 is 1.20 bits per heavy atom. The Hall–Kier alpha value is -2.21. The van der Waals surface area contributed by atoms with Gasteiger partial charge in [-0.3, -0.25) is 5.10 Å². The van der Waals surface area contributed by atoms with Crippen LogP contribution >= 0.6 is 11.3 Å². The molecule has 20 heavy (non-hydrogen) atoms. The van der Waals surface area contributed by atoms with Crippen LogP contribution in [-0.4, -0.2) is 20.2 Å². The van der Waals surface area contributed by atoms with Gasteiger partial charge < -0.3 is 5.32 Å². The standard InChI is InChI=1S/C14H15N5S/c1-9-16-14(19-18-9)12-5-3-4-6-13(12)15-7-11-8-20-10(2)17-11/h3-6,8,15H,7H2,1-2H3,(H,16,18,19). The fourth-order valence-corrected chi connectivity index (χ4v) is 2.58. The van der Waals surface area contributed by atoms with Crippen molar-refractivity contribution < 1.29 is 0 Å². The maximum atomic E-state index is 4.45. The number of benzene rings is 1. The second kappa shape index (κ2) is 5.42. The molecule has 0 saturated heterocycles. The molecule has 0 aliphatic heterocycles. The van der Waals surface area contributed by atoms with Crippen LogP contribution in [0, 0.1) is 13.8 Å². The average molecular weight is 285 g/mol. The molecule has 2 N–H and O–H groups in total. The predicted molar refractivity (Wildman–Crippen MR) is 80.7 cm³/mol. The molecule has 0 unspecified atom stereocenters. The molecule has 0 aliphatic carbocycles. The molecule has 0 saturated carbocycles. The maximum absolute atomic E-state index is 4.45. The molecule has 6 heteroatoms. The Balaban J connectivity index is 1.83. The summed E-state index contributed by atoms with van der Waals surface area (Å²) in [7, 11) is 0. The fourth-order valence-electron chi connectivity index (χ4n) is 1.97. The van der Waals surface area contributed by atoms with Crippen molar-refractivity contribution >= 4 is 17.0 Å². The molecule has 0 atom stereocenters. The number of hydrogen-bond donors (Lipinski definition) is 2. The molecule has 0 bridgehead atoms. The monoisotopic (exact) mass is 285 g/mol. The molecular weight excluding hydrogens is 270 g/mol. The van der Waals surface area contributed by atoms with Crippen molar-refractivity contribution in [2.45, 2.75) is 20.4 Å². The van der Waals surface area contributed by atoms with Crippen LogP contribution in [-0.2, 0) is 6.54 Å². The lowest BCUT2D eigenvalue weighted by Crippen LogP contribution is -2.01. The number of H-pyrrole nitrogens is 1. The van der Waals surface area contributed by atoms with E-state index in [-0.39, 0.29) is 0 Å². The van der Waals surface area contributed by atoms with E-state index < -0.39 is 0 Å². The minimum absolute atomic E-state index is 0.699. The molecule has 0 aliphatic rings. The molecule has 3 rings (SSSR count). The number of aromatic amines is 1. The number of anilines is 1.